The second kappa shape index (κ2) is 14.4. The molecule has 1 rings (SSSR count). The maximum atomic E-state index is 12.1. The van der Waals surface area contributed by atoms with Crippen molar-refractivity contribution in [2.24, 2.45) is 0 Å². The van der Waals surface area contributed by atoms with E-state index in [2.05, 4.69) is 16.0 Å². The van der Waals surface area contributed by atoms with E-state index in [1.54, 1.807) is 0 Å². The molecule has 0 aromatic heterocycles. The van der Waals surface area contributed by atoms with Crippen LogP contribution in [0.1, 0.15) is 37.7 Å². The second-order valence-corrected chi connectivity index (χ2v) is 7.30. The van der Waals surface area contributed by atoms with Gasteiger partial charge in [0.25, 0.3) is 0 Å². The molecule has 0 fully saturated rings. The number of rotatable bonds is 15. The van der Waals surface area contributed by atoms with Crippen LogP contribution in [-0.4, -0.2) is 70.4 Å². The van der Waals surface area contributed by atoms with Crippen LogP contribution in [0.4, 0.5) is 9.59 Å². The third-order valence-corrected chi connectivity index (χ3v) is 4.65. The second-order valence-electron chi connectivity index (χ2n) is 7.30. The number of aliphatic hydroxyl groups excluding tert-OH is 1. The lowest BCUT2D eigenvalue weighted by atomic mass is 9.95. The van der Waals surface area contributed by atoms with E-state index in [0.29, 0.717) is 19.1 Å². The van der Waals surface area contributed by atoms with Gasteiger partial charge in [0.05, 0.1) is 6.61 Å². The van der Waals surface area contributed by atoms with Crippen LogP contribution >= 0.6 is 0 Å². The zero-order valence-electron chi connectivity index (χ0n) is 18.0. The summed E-state index contributed by atoms with van der Waals surface area (Å²) in [6, 6.07) is 6.61. The fourth-order valence-corrected chi connectivity index (χ4v) is 2.78. The summed E-state index contributed by atoms with van der Waals surface area (Å²) in [7, 11) is 0. The minimum Gasteiger partial charge on any atom is -0.481 e. The number of unbranched alkanes of at least 4 members (excludes halogenated alkanes) is 1. The molecule has 12 nitrogen and oxygen atoms in total. The maximum absolute atomic E-state index is 12.1. The van der Waals surface area contributed by atoms with E-state index in [4.69, 9.17) is 14.9 Å². The Hall–Kier alpha value is -3.67. The molecular weight excluding hydrogens is 438 g/mol. The van der Waals surface area contributed by atoms with Gasteiger partial charge in [0, 0.05) is 13.0 Å². The van der Waals surface area contributed by atoms with Crippen LogP contribution < -0.4 is 16.0 Å². The Labute approximate surface area is 190 Å². The predicted molar refractivity (Wildman–Crippen MR) is 114 cm³/mol. The molecule has 1 aromatic rings. The molecule has 2 atom stereocenters. The molecule has 1 aromatic carbocycles. The number of nitrogens with one attached hydrogen (secondary N) is 3. The van der Waals surface area contributed by atoms with Gasteiger partial charge < -0.3 is 40.8 Å². The zero-order valence-corrected chi connectivity index (χ0v) is 18.0. The average Bonchev–Trinajstić information content (AvgIpc) is 2.79. The fourth-order valence-electron chi connectivity index (χ4n) is 2.78. The van der Waals surface area contributed by atoms with Crippen molar-refractivity contribution in [2.75, 3.05) is 13.2 Å². The molecule has 0 aliphatic rings. The van der Waals surface area contributed by atoms with Crippen molar-refractivity contribution in [3.63, 3.8) is 0 Å². The monoisotopic (exact) mass is 467 g/mol. The molecule has 0 radical (unpaired) electrons. The number of carbonyl (C=O) groups is 5. The van der Waals surface area contributed by atoms with E-state index in [1.165, 1.54) is 0 Å². The van der Waals surface area contributed by atoms with Crippen molar-refractivity contribution in [2.45, 2.75) is 50.3 Å². The molecule has 0 aliphatic carbocycles. The molecule has 6 N–H and O–H groups in total. The Bertz CT molecular complexity index is 803. The molecule has 0 saturated heterocycles. The SMILES string of the molecule is O=C[C@](CO)(CCCCNC(=O)OCc1ccccc1)NC(=O)N[C@H](CCC(=O)O)C(=O)O. The van der Waals surface area contributed by atoms with Gasteiger partial charge >= 0.3 is 24.1 Å². The highest BCUT2D eigenvalue weighted by atomic mass is 16.5. The molecular formula is C21H29N3O9. The number of hydrogen-bond donors (Lipinski definition) is 6. The number of benzene rings is 1. The fraction of sp³-hybridized carbons (Fsp3) is 0.476. The number of urea groups is 1. The third-order valence-electron chi connectivity index (χ3n) is 4.65. The molecule has 0 saturated carbocycles. The summed E-state index contributed by atoms with van der Waals surface area (Å²) in [5.74, 6) is -2.66. The lowest BCUT2D eigenvalue weighted by Gasteiger charge is -2.28. The number of alkyl carbamates (subject to hydrolysis) is 1. The summed E-state index contributed by atoms with van der Waals surface area (Å²) in [5.41, 5.74) is -0.822. The number of carboxylic acids is 2. The lowest BCUT2D eigenvalue weighted by Crippen LogP contribution is -2.58. The topological polar surface area (TPSA) is 191 Å². The smallest absolute Gasteiger partial charge is 0.407 e. The summed E-state index contributed by atoms with van der Waals surface area (Å²) in [4.78, 5) is 57.2. The van der Waals surface area contributed by atoms with Gasteiger partial charge in [0.15, 0.2) is 0 Å². The molecule has 0 aliphatic heterocycles. The average molecular weight is 467 g/mol. The largest absolute Gasteiger partial charge is 0.481 e. The number of aldehydes is 1. The van der Waals surface area contributed by atoms with Crippen LogP contribution in [0.15, 0.2) is 30.3 Å². The van der Waals surface area contributed by atoms with E-state index < -0.39 is 48.7 Å². The molecule has 182 valence electrons. The summed E-state index contributed by atoms with van der Waals surface area (Å²) in [6.07, 6.45) is -0.319. The van der Waals surface area contributed by atoms with E-state index in [9.17, 15) is 29.1 Å². The highest BCUT2D eigenvalue weighted by molar-refractivity contribution is 5.85. The molecule has 3 amide bonds. The van der Waals surface area contributed by atoms with E-state index in [-0.39, 0.29) is 26.0 Å². The Morgan fingerprint density at radius 3 is 2.36 bits per heavy atom. The van der Waals surface area contributed by atoms with Crippen molar-refractivity contribution >= 4 is 30.3 Å². The van der Waals surface area contributed by atoms with Crippen molar-refractivity contribution in [1.82, 2.24) is 16.0 Å². The van der Waals surface area contributed by atoms with Crippen molar-refractivity contribution in [3.8, 4) is 0 Å². The minimum absolute atomic E-state index is 0.0219. The van der Waals surface area contributed by atoms with Crippen LogP contribution in [0.2, 0.25) is 0 Å². The first kappa shape index (κ1) is 27.4. The van der Waals surface area contributed by atoms with Crippen molar-refractivity contribution in [3.05, 3.63) is 35.9 Å². The van der Waals surface area contributed by atoms with Crippen LogP contribution in [-0.2, 0) is 25.7 Å². The van der Waals surface area contributed by atoms with Crippen LogP contribution in [0.3, 0.4) is 0 Å². The Morgan fingerprint density at radius 2 is 1.79 bits per heavy atom. The van der Waals surface area contributed by atoms with Gasteiger partial charge in [0.2, 0.25) is 0 Å². The molecule has 0 spiro atoms. The third kappa shape index (κ3) is 11.0. The van der Waals surface area contributed by atoms with Crippen LogP contribution in [0.5, 0.6) is 0 Å². The van der Waals surface area contributed by atoms with Gasteiger partial charge in [-0.15, -0.1) is 0 Å². The molecule has 33 heavy (non-hydrogen) atoms. The number of aliphatic hydroxyl groups is 1. The molecule has 0 heterocycles. The first-order valence-corrected chi connectivity index (χ1v) is 10.3. The zero-order chi connectivity index (χ0) is 24.7. The number of amides is 3. The number of carboxylic acid groups (broad SMARTS) is 2. The maximum Gasteiger partial charge on any atom is 0.407 e. The van der Waals surface area contributed by atoms with Crippen molar-refractivity contribution in [1.29, 1.82) is 0 Å². The normalized spacial score (nSPS) is 13.1. The van der Waals surface area contributed by atoms with Gasteiger partial charge in [0.1, 0.15) is 24.5 Å². The summed E-state index contributed by atoms with van der Waals surface area (Å²) < 4.78 is 5.07. The molecule has 0 unspecified atom stereocenters. The number of carbonyl (C=O) groups excluding carboxylic acids is 3. The highest BCUT2D eigenvalue weighted by Gasteiger charge is 2.32. The summed E-state index contributed by atoms with van der Waals surface area (Å²) in [6.45, 7) is -0.381. The Kier molecular flexibility index (Phi) is 11.9. The van der Waals surface area contributed by atoms with Crippen LogP contribution in [0.25, 0.3) is 0 Å². The van der Waals surface area contributed by atoms with Gasteiger partial charge in [-0.05, 0) is 31.2 Å². The highest BCUT2D eigenvalue weighted by Crippen LogP contribution is 2.12. The van der Waals surface area contributed by atoms with E-state index >= 15 is 0 Å². The lowest BCUT2D eigenvalue weighted by molar-refractivity contribution is -0.140. The summed E-state index contributed by atoms with van der Waals surface area (Å²) in [5, 5.41) is 34.3. The summed E-state index contributed by atoms with van der Waals surface area (Å²) >= 11 is 0. The first-order chi connectivity index (χ1) is 15.7. The number of aliphatic carboxylic acids is 2. The van der Waals surface area contributed by atoms with Gasteiger partial charge in [-0.25, -0.2) is 14.4 Å². The number of hydrogen-bond acceptors (Lipinski definition) is 7. The minimum atomic E-state index is -1.66. The standard InChI is InChI=1S/C21H29N3O9/c25-13-21(14-26,24-19(31)23-16(18(29)30)8-9-17(27)28)10-4-5-11-22-20(32)33-12-15-6-2-1-3-7-15/h1-3,6-7,13,16,26H,4-5,8-12,14H2,(H,22,32)(H,27,28)(H,29,30)(H2,23,24,31)/t16-,21+/m1/s1. The van der Waals surface area contributed by atoms with Gasteiger partial charge in [-0.3, -0.25) is 4.79 Å². The van der Waals surface area contributed by atoms with Gasteiger partial charge in [-0.1, -0.05) is 30.3 Å². The molecule has 12 heteroatoms. The van der Waals surface area contributed by atoms with E-state index in [0.717, 1.165) is 5.56 Å². The number of ether oxygens (including phenoxy) is 1. The Balaban J connectivity index is 2.41. The van der Waals surface area contributed by atoms with Gasteiger partial charge in [-0.2, -0.15) is 0 Å². The molecule has 0 bridgehead atoms. The first-order valence-electron chi connectivity index (χ1n) is 10.3. The van der Waals surface area contributed by atoms with E-state index in [1.807, 2.05) is 30.3 Å². The van der Waals surface area contributed by atoms with Crippen LogP contribution in [0, 0.1) is 0 Å². The quantitative estimate of drug-likeness (QED) is 0.159. The predicted octanol–water partition coefficient (Wildman–Crippen LogP) is 0.630. The van der Waals surface area contributed by atoms with Crippen molar-refractivity contribution < 1.29 is 44.0 Å². The Morgan fingerprint density at radius 1 is 1.09 bits per heavy atom.